The Morgan fingerprint density at radius 2 is 1.95 bits per heavy atom. The molecule has 0 aliphatic rings. The molecule has 1 atom stereocenters. The summed E-state index contributed by atoms with van der Waals surface area (Å²) in [5.74, 6) is -0.309. The largest absolute Gasteiger partial charge is 0.309 e. The summed E-state index contributed by atoms with van der Waals surface area (Å²) in [5.41, 5.74) is 1.60. The summed E-state index contributed by atoms with van der Waals surface area (Å²) in [6.07, 6.45) is 0. The van der Waals surface area contributed by atoms with E-state index in [-0.39, 0.29) is 11.9 Å². The van der Waals surface area contributed by atoms with Crippen LogP contribution in [0.15, 0.2) is 40.9 Å². The molecule has 0 aliphatic carbocycles. The van der Waals surface area contributed by atoms with Crippen LogP contribution in [0.1, 0.15) is 17.2 Å². The van der Waals surface area contributed by atoms with Gasteiger partial charge in [0.25, 0.3) is 0 Å². The molecule has 0 aromatic heterocycles. The Balaban J connectivity index is 2.50. The van der Waals surface area contributed by atoms with Crippen molar-refractivity contribution in [2.75, 3.05) is 7.05 Å². The summed E-state index contributed by atoms with van der Waals surface area (Å²) in [5, 5.41) is 4.09. The standard InChI is InChI=1S/C14H11BrCl2FN/c1-19-14(8-5-6-10(15)12(18)7-8)9-3-2-4-11(16)13(9)17/h2-7,14,19H,1H3. The molecule has 19 heavy (non-hydrogen) atoms. The third kappa shape index (κ3) is 3.11. The van der Waals surface area contributed by atoms with Crippen molar-refractivity contribution >= 4 is 39.1 Å². The van der Waals surface area contributed by atoms with Crippen LogP contribution < -0.4 is 5.32 Å². The second-order valence-corrected chi connectivity index (χ2v) is 5.68. The van der Waals surface area contributed by atoms with Gasteiger partial charge in [-0.2, -0.15) is 0 Å². The SMILES string of the molecule is CNC(c1ccc(Br)c(F)c1)c1cccc(Cl)c1Cl. The molecule has 0 saturated heterocycles. The van der Waals surface area contributed by atoms with E-state index >= 15 is 0 Å². The highest BCUT2D eigenvalue weighted by Crippen LogP contribution is 2.33. The molecule has 0 spiro atoms. The lowest BCUT2D eigenvalue weighted by atomic mass is 9.99. The van der Waals surface area contributed by atoms with Crippen LogP contribution in [0.25, 0.3) is 0 Å². The Labute approximate surface area is 129 Å². The zero-order chi connectivity index (χ0) is 14.0. The predicted molar refractivity (Wildman–Crippen MR) is 81.5 cm³/mol. The van der Waals surface area contributed by atoms with Crippen LogP contribution in [-0.4, -0.2) is 7.05 Å². The van der Waals surface area contributed by atoms with Gasteiger partial charge in [-0.15, -0.1) is 0 Å². The fourth-order valence-corrected chi connectivity index (χ4v) is 2.60. The molecule has 1 unspecified atom stereocenters. The third-order valence-corrected chi connectivity index (χ3v) is 4.33. The second-order valence-electron chi connectivity index (χ2n) is 4.04. The minimum absolute atomic E-state index is 0.214. The Morgan fingerprint density at radius 3 is 2.58 bits per heavy atom. The van der Waals surface area contributed by atoms with Crippen LogP contribution >= 0.6 is 39.1 Å². The quantitative estimate of drug-likeness (QED) is 0.790. The van der Waals surface area contributed by atoms with Crippen LogP contribution in [0, 0.1) is 5.82 Å². The molecular weight excluding hydrogens is 352 g/mol. The van der Waals surface area contributed by atoms with Crippen LogP contribution in [-0.2, 0) is 0 Å². The molecule has 2 rings (SSSR count). The van der Waals surface area contributed by atoms with Gasteiger partial charge < -0.3 is 5.32 Å². The van der Waals surface area contributed by atoms with Gasteiger partial charge in [0.05, 0.1) is 20.6 Å². The molecule has 0 heterocycles. The highest BCUT2D eigenvalue weighted by Gasteiger charge is 2.17. The van der Waals surface area contributed by atoms with Gasteiger partial charge >= 0.3 is 0 Å². The first-order valence-corrected chi connectivity index (χ1v) is 7.15. The molecule has 5 heteroatoms. The Bertz CT molecular complexity index is 604. The van der Waals surface area contributed by atoms with Gasteiger partial charge in [0.2, 0.25) is 0 Å². The number of hydrogen-bond donors (Lipinski definition) is 1. The predicted octanol–water partition coefficient (Wildman–Crippen LogP) is 5.20. The average Bonchev–Trinajstić information content (AvgIpc) is 2.39. The fraction of sp³-hybridized carbons (Fsp3) is 0.143. The molecular formula is C14H11BrCl2FN. The summed E-state index contributed by atoms with van der Waals surface area (Å²) in [6.45, 7) is 0. The van der Waals surface area contributed by atoms with Gasteiger partial charge in [-0.25, -0.2) is 4.39 Å². The maximum absolute atomic E-state index is 13.6. The monoisotopic (exact) mass is 361 g/mol. The average molecular weight is 363 g/mol. The van der Waals surface area contributed by atoms with Crippen LogP contribution in [0.2, 0.25) is 10.0 Å². The van der Waals surface area contributed by atoms with Crippen LogP contribution in [0.5, 0.6) is 0 Å². The minimum atomic E-state index is -0.309. The summed E-state index contributed by atoms with van der Waals surface area (Å²) in [6, 6.07) is 10.2. The van der Waals surface area contributed by atoms with Crippen molar-refractivity contribution in [3.63, 3.8) is 0 Å². The van der Waals surface area contributed by atoms with E-state index < -0.39 is 0 Å². The highest BCUT2D eigenvalue weighted by molar-refractivity contribution is 9.10. The summed E-state index contributed by atoms with van der Waals surface area (Å²) < 4.78 is 14.1. The number of rotatable bonds is 3. The first-order chi connectivity index (χ1) is 9.04. The highest BCUT2D eigenvalue weighted by atomic mass is 79.9. The van der Waals surface area contributed by atoms with Gasteiger partial charge in [-0.05, 0) is 52.3 Å². The van der Waals surface area contributed by atoms with E-state index in [4.69, 9.17) is 23.2 Å². The smallest absolute Gasteiger partial charge is 0.137 e. The van der Waals surface area contributed by atoms with E-state index in [9.17, 15) is 4.39 Å². The van der Waals surface area contributed by atoms with Crippen LogP contribution in [0.3, 0.4) is 0 Å². The van der Waals surface area contributed by atoms with Crippen molar-refractivity contribution in [2.45, 2.75) is 6.04 Å². The Kier molecular flexibility index (Phi) is 4.85. The van der Waals surface area contributed by atoms with Gasteiger partial charge in [-0.3, -0.25) is 0 Å². The van der Waals surface area contributed by atoms with Gasteiger partial charge in [-0.1, -0.05) is 41.4 Å². The minimum Gasteiger partial charge on any atom is -0.309 e. The van der Waals surface area contributed by atoms with E-state index in [1.54, 1.807) is 19.2 Å². The van der Waals surface area contributed by atoms with Crippen molar-refractivity contribution in [3.05, 3.63) is 67.9 Å². The number of nitrogens with one attached hydrogen (secondary N) is 1. The van der Waals surface area contributed by atoms with Crippen molar-refractivity contribution in [3.8, 4) is 0 Å². The number of hydrogen-bond acceptors (Lipinski definition) is 1. The Morgan fingerprint density at radius 1 is 1.21 bits per heavy atom. The molecule has 1 nitrogen and oxygen atoms in total. The molecule has 0 aliphatic heterocycles. The molecule has 100 valence electrons. The topological polar surface area (TPSA) is 12.0 Å². The zero-order valence-electron chi connectivity index (χ0n) is 10.1. The lowest BCUT2D eigenvalue weighted by Crippen LogP contribution is -2.18. The summed E-state index contributed by atoms with van der Waals surface area (Å²) >= 11 is 15.4. The van der Waals surface area contributed by atoms with Gasteiger partial charge in [0, 0.05) is 0 Å². The first-order valence-electron chi connectivity index (χ1n) is 5.60. The van der Waals surface area contributed by atoms with E-state index in [0.717, 1.165) is 11.1 Å². The molecule has 0 saturated carbocycles. The summed E-state index contributed by atoms with van der Waals surface area (Å²) in [4.78, 5) is 0. The molecule has 2 aromatic rings. The zero-order valence-corrected chi connectivity index (χ0v) is 13.2. The van der Waals surface area contributed by atoms with Crippen molar-refractivity contribution < 1.29 is 4.39 Å². The van der Waals surface area contributed by atoms with Gasteiger partial charge in [0.1, 0.15) is 5.82 Å². The molecule has 0 bridgehead atoms. The van der Waals surface area contributed by atoms with E-state index in [0.29, 0.717) is 14.5 Å². The normalized spacial score (nSPS) is 12.5. The molecule has 0 fully saturated rings. The molecule has 1 N–H and O–H groups in total. The van der Waals surface area contributed by atoms with E-state index in [1.165, 1.54) is 6.07 Å². The maximum Gasteiger partial charge on any atom is 0.137 e. The molecule has 0 radical (unpaired) electrons. The van der Waals surface area contributed by atoms with E-state index in [1.807, 2.05) is 18.2 Å². The van der Waals surface area contributed by atoms with Crippen LogP contribution in [0.4, 0.5) is 4.39 Å². The fourth-order valence-electron chi connectivity index (χ4n) is 1.94. The van der Waals surface area contributed by atoms with Crippen molar-refractivity contribution in [2.24, 2.45) is 0 Å². The van der Waals surface area contributed by atoms with E-state index in [2.05, 4.69) is 21.2 Å². The summed E-state index contributed by atoms with van der Waals surface area (Å²) in [7, 11) is 1.79. The van der Waals surface area contributed by atoms with Crippen molar-refractivity contribution in [1.29, 1.82) is 0 Å². The van der Waals surface area contributed by atoms with Crippen molar-refractivity contribution in [1.82, 2.24) is 5.32 Å². The number of halogens is 4. The maximum atomic E-state index is 13.6. The second kappa shape index (κ2) is 6.23. The third-order valence-electron chi connectivity index (χ3n) is 2.86. The first kappa shape index (κ1) is 14.8. The molecule has 0 amide bonds. The lowest BCUT2D eigenvalue weighted by Gasteiger charge is -2.19. The lowest BCUT2D eigenvalue weighted by molar-refractivity contribution is 0.610. The van der Waals surface area contributed by atoms with Gasteiger partial charge in [0.15, 0.2) is 0 Å². The number of benzene rings is 2. The Hall–Kier alpha value is -0.610. The molecule has 2 aromatic carbocycles.